The van der Waals surface area contributed by atoms with Crippen molar-refractivity contribution in [2.75, 3.05) is 33.5 Å². The number of nitrogens with two attached hydrogens (primary N) is 1. The number of carbonyl (C=O) groups is 7. The Balaban J connectivity index is 1.20. The summed E-state index contributed by atoms with van der Waals surface area (Å²) in [6.07, 6.45) is -23.8. The number of esters is 6. The van der Waals surface area contributed by atoms with Crippen molar-refractivity contribution in [3.63, 3.8) is 0 Å². The lowest BCUT2D eigenvalue weighted by Crippen LogP contribution is -2.72. The van der Waals surface area contributed by atoms with Crippen molar-refractivity contribution < 1.29 is 119 Å². The minimum absolute atomic E-state index is 0.0127. The Morgan fingerprint density at radius 1 is 0.510 bits per heavy atom. The highest BCUT2D eigenvalue weighted by molar-refractivity contribution is 5.79. The number of carbonyl (C=O) groups excluding carboxylic acids is 7. The standard InChI is InChI=1S/C77H90N2O25/c1-48(80)79-64-60(97-50(3)82)37-77(76(87)88-6,103-68(64)66(99-52(5)84)63(98-51(4)83)47-91-49(2)81)104-69-65(85)61(45-89-38-53-25-13-7-14-26-53)100-75(71(69)93-41-56-31-19-10-20-32-56)102-67-62(46-90-39-54-27-15-8-16-28-54)101-74(96-44-59(78)73(86)95-43-58-35-23-12-24-36-58)72(94-42-57-33-21-11-22-34-57)70(67)92-40-55-29-17-9-18-30-55/h7-36,59-72,74-75,85H,37-47,78H2,1-6H3,(H,79,80)/t59-,60-,61+,62+,63+,64+,65-,66+,67+,68+,69-,70-,71+,72+,74+,75-,77-/m0/s1. The summed E-state index contributed by atoms with van der Waals surface area (Å²) in [6.45, 7) is 2.92. The quantitative estimate of drug-likeness (QED) is 0.0284. The molecule has 17 atom stereocenters. The van der Waals surface area contributed by atoms with Crippen LogP contribution in [0.5, 0.6) is 0 Å². The lowest BCUT2D eigenvalue weighted by atomic mass is 9.87. The molecule has 4 N–H and O–H groups in total. The lowest BCUT2D eigenvalue weighted by molar-refractivity contribution is -0.395. The number of rotatable bonds is 36. The molecular formula is C77H90N2O25. The van der Waals surface area contributed by atoms with E-state index in [1.54, 1.807) is 42.5 Å². The molecule has 3 aliphatic heterocycles. The van der Waals surface area contributed by atoms with Gasteiger partial charge >= 0.3 is 35.8 Å². The summed E-state index contributed by atoms with van der Waals surface area (Å²) in [5.74, 6) is -9.61. The number of amides is 1. The molecule has 0 aromatic heterocycles. The minimum Gasteiger partial charge on any atom is -0.465 e. The normalized spacial score (nSPS) is 25.4. The fourth-order valence-electron chi connectivity index (χ4n) is 12.2. The van der Waals surface area contributed by atoms with Gasteiger partial charge in [0, 0.05) is 34.6 Å². The predicted molar refractivity (Wildman–Crippen MR) is 366 cm³/mol. The zero-order valence-electron chi connectivity index (χ0n) is 58.7. The first kappa shape index (κ1) is 79.2. The highest BCUT2D eigenvalue weighted by Gasteiger charge is 2.63. The number of nitrogens with one attached hydrogen (secondary N) is 1. The SMILES string of the molecule is COC(=O)[C@@]1(O[C@H]2[C@@H](O)[C@@H](COCc3ccccc3)O[C@@H](O[C@H]3[C@H](OCc4ccccc4)[C@@H](OCc4ccccc4)[C@H](OC[C@H](N)C(=O)OCc4ccccc4)O[C@@H]3COCc3ccccc3)[C@@H]2OCc2ccccc2)C[C@H](OC(C)=O)[C@@H](NC(C)=O)[C@H]([C@H](OC(C)=O)[C@@H](COC(C)=O)OC(C)=O)O1. The Hall–Kier alpha value is -8.91. The van der Waals surface area contributed by atoms with Gasteiger partial charge in [-0.15, -0.1) is 0 Å². The molecule has 0 bridgehead atoms. The summed E-state index contributed by atoms with van der Waals surface area (Å²) in [4.78, 5) is 94.6. The fraction of sp³-hybridized carbons (Fsp3) is 0.442. The van der Waals surface area contributed by atoms with Crippen LogP contribution in [0.3, 0.4) is 0 Å². The van der Waals surface area contributed by atoms with Gasteiger partial charge in [0.25, 0.3) is 5.79 Å². The van der Waals surface area contributed by atoms with Crippen LogP contribution >= 0.6 is 0 Å². The Morgan fingerprint density at radius 3 is 1.42 bits per heavy atom. The fourth-order valence-corrected chi connectivity index (χ4v) is 12.2. The molecule has 3 heterocycles. The second-order valence-corrected chi connectivity index (χ2v) is 25.0. The third-order valence-corrected chi connectivity index (χ3v) is 16.9. The van der Waals surface area contributed by atoms with Gasteiger partial charge in [0.15, 0.2) is 24.8 Å². The smallest absolute Gasteiger partial charge is 0.366 e. The largest absolute Gasteiger partial charge is 0.465 e. The van der Waals surface area contributed by atoms with E-state index in [0.29, 0.717) is 5.56 Å². The van der Waals surface area contributed by atoms with E-state index in [0.717, 1.165) is 69.5 Å². The summed E-state index contributed by atoms with van der Waals surface area (Å²) >= 11 is 0. The summed E-state index contributed by atoms with van der Waals surface area (Å²) in [5, 5.41) is 16.0. The van der Waals surface area contributed by atoms with Crippen molar-refractivity contribution in [2.45, 2.75) is 184 Å². The third-order valence-electron chi connectivity index (χ3n) is 16.9. The van der Waals surface area contributed by atoms with Crippen molar-refractivity contribution in [2.24, 2.45) is 5.73 Å². The number of aliphatic hydroxyl groups excluding tert-OH is 1. The molecule has 6 aromatic rings. The molecule has 27 heteroatoms. The first-order valence-corrected chi connectivity index (χ1v) is 34.0. The van der Waals surface area contributed by atoms with Crippen LogP contribution in [0, 0.1) is 0 Å². The van der Waals surface area contributed by atoms with Crippen molar-refractivity contribution >= 4 is 41.7 Å². The van der Waals surface area contributed by atoms with Crippen molar-refractivity contribution in [3.8, 4) is 0 Å². The van der Waals surface area contributed by atoms with Gasteiger partial charge in [0.2, 0.25) is 5.91 Å². The van der Waals surface area contributed by atoms with Crippen LogP contribution in [-0.4, -0.2) is 184 Å². The van der Waals surface area contributed by atoms with Crippen LogP contribution < -0.4 is 11.1 Å². The maximum Gasteiger partial charge on any atom is 0.366 e. The maximum absolute atomic E-state index is 15.3. The average Bonchev–Trinajstić information content (AvgIpc) is 0.743. The van der Waals surface area contributed by atoms with Gasteiger partial charge in [-0.25, -0.2) is 4.79 Å². The highest BCUT2D eigenvalue weighted by Crippen LogP contribution is 2.42. The summed E-state index contributed by atoms with van der Waals surface area (Å²) in [7, 11) is 0.992. The molecule has 0 saturated carbocycles. The van der Waals surface area contributed by atoms with Crippen LogP contribution in [0.2, 0.25) is 0 Å². The van der Waals surface area contributed by atoms with E-state index in [2.05, 4.69) is 5.32 Å². The van der Waals surface area contributed by atoms with E-state index >= 15 is 4.79 Å². The number of hydrogen-bond acceptors (Lipinski definition) is 26. The lowest BCUT2D eigenvalue weighted by Gasteiger charge is -2.52. The van der Waals surface area contributed by atoms with E-state index in [4.69, 9.17) is 86.3 Å². The number of ether oxygens (including phenoxy) is 17. The molecule has 104 heavy (non-hydrogen) atoms. The average molecular weight is 1440 g/mol. The van der Waals surface area contributed by atoms with Gasteiger partial charge in [0.05, 0.1) is 72.4 Å². The molecule has 6 aromatic carbocycles. The molecule has 27 nitrogen and oxygen atoms in total. The second-order valence-electron chi connectivity index (χ2n) is 25.0. The summed E-state index contributed by atoms with van der Waals surface area (Å²) in [5.41, 5.74) is 10.9. The van der Waals surface area contributed by atoms with Crippen molar-refractivity contribution in [3.05, 3.63) is 215 Å². The molecule has 3 fully saturated rings. The molecule has 0 unspecified atom stereocenters. The summed E-state index contributed by atoms with van der Waals surface area (Å²) in [6, 6.07) is 51.9. The Morgan fingerprint density at radius 2 is 0.962 bits per heavy atom. The van der Waals surface area contributed by atoms with Crippen LogP contribution in [-0.2, 0) is 154 Å². The van der Waals surface area contributed by atoms with E-state index in [1.807, 2.05) is 140 Å². The van der Waals surface area contributed by atoms with E-state index < -0.39 is 172 Å². The monoisotopic (exact) mass is 1440 g/mol. The predicted octanol–water partition coefficient (Wildman–Crippen LogP) is 6.37. The van der Waals surface area contributed by atoms with Gasteiger partial charge in [-0.2, -0.15) is 0 Å². The molecule has 0 aliphatic carbocycles. The molecule has 9 rings (SSSR count). The molecule has 558 valence electrons. The summed E-state index contributed by atoms with van der Waals surface area (Å²) < 4.78 is 110. The first-order valence-electron chi connectivity index (χ1n) is 34.0. The van der Waals surface area contributed by atoms with E-state index in [9.17, 15) is 33.9 Å². The Kier molecular flexibility index (Phi) is 30.3. The molecular weight excluding hydrogens is 1350 g/mol. The number of methoxy groups -OCH3 is 1. The van der Waals surface area contributed by atoms with Gasteiger partial charge in [-0.1, -0.05) is 182 Å². The van der Waals surface area contributed by atoms with Gasteiger partial charge in [0.1, 0.15) is 80.3 Å². The molecule has 3 aliphatic rings. The molecule has 1 amide bonds. The Bertz CT molecular complexity index is 3650. The first-order chi connectivity index (χ1) is 50.3. The minimum atomic E-state index is -2.95. The number of aliphatic hydroxyl groups is 1. The molecule has 3 saturated heterocycles. The van der Waals surface area contributed by atoms with Crippen molar-refractivity contribution in [1.82, 2.24) is 5.32 Å². The maximum atomic E-state index is 15.3. The van der Waals surface area contributed by atoms with E-state index in [1.165, 1.54) is 0 Å². The van der Waals surface area contributed by atoms with E-state index in [-0.39, 0.29) is 46.2 Å². The molecule has 0 spiro atoms. The van der Waals surface area contributed by atoms with Crippen LogP contribution in [0.25, 0.3) is 0 Å². The zero-order valence-corrected chi connectivity index (χ0v) is 58.7. The number of benzene rings is 6. The van der Waals surface area contributed by atoms with Crippen molar-refractivity contribution in [1.29, 1.82) is 0 Å². The van der Waals surface area contributed by atoms with Crippen LogP contribution in [0.1, 0.15) is 74.4 Å². The van der Waals surface area contributed by atoms with Crippen LogP contribution in [0.15, 0.2) is 182 Å². The zero-order chi connectivity index (χ0) is 74.0. The van der Waals surface area contributed by atoms with Gasteiger partial charge in [-0.05, 0) is 33.4 Å². The van der Waals surface area contributed by atoms with Crippen LogP contribution in [0.4, 0.5) is 0 Å². The molecule has 0 radical (unpaired) electrons. The van der Waals surface area contributed by atoms with Gasteiger partial charge in [-0.3, -0.25) is 28.8 Å². The highest BCUT2D eigenvalue weighted by atomic mass is 16.8. The topological polar surface area (TPSA) is 335 Å². The number of hydrogen-bond donors (Lipinski definition) is 3. The van der Waals surface area contributed by atoms with Gasteiger partial charge < -0.3 is 96.7 Å². The Labute approximate surface area is 602 Å². The third kappa shape index (κ3) is 23.3. The second kappa shape index (κ2) is 39.8.